The quantitative estimate of drug-likeness (QED) is 0.799. The minimum Gasteiger partial charge on any atom is -0.335 e. The Labute approximate surface area is 87.4 Å². The third-order valence-electron chi connectivity index (χ3n) is 1.85. The minimum absolute atomic E-state index is 0.517. The third-order valence-corrected chi connectivity index (χ3v) is 1.85. The molecule has 0 bridgehead atoms. The number of hydrogen-bond acceptors (Lipinski definition) is 5. The molecule has 0 unspecified atom stereocenters. The van der Waals surface area contributed by atoms with Gasteiger partial charge in [-0.3, -0.25) is 0 Å². The van der Waals surface area contributed by atoms with Gasteiger partial charge in [0.25, 0.3) is 0 Å². The van der Waals surface area contributed by atoms with E-state index in [0.717, 1.165) is 11.4 Å². The summed E-state index contributed by atoms with van der Waals surface area (Å²) in [5, 5.41) is 7.03. The first-order chi connectivity index (χ1) is 7.24. The number of aromatic nitrogens is 5. The minimum atomic E-state index is 0.517. The van der Waals surface area contributed by atoms with Crippen LogP contribution in [-0.2, 0) is 6.67 Å². The molecule has 0 aliphatic rings. The molecule has 78 valence electrons. The molecule has 6 nitrogen and oxygen atoms in total. The van der Waals surface area contributed by atoms with Crippen molar-refractivity contribution in [3.63, 3.8) is 0 Å². The Bertz CT molecular complexity index is 416. The van der Waals surface area contributed by atoms with E-state index in [4.69, 9.17) is 0 Å². The van der Waals surface area contributed by atoms with Gasteiger partial charge >= 0.3 is 0 Å². The van der Waals surface area contributed by atoms with Crippen molar-refractivity contribution in [1.29, 1.82) is 0 Å². The number of hydrogen-bond donors (Lipinski definition) is 1. The average Bonchev–Trinajstić information content (AvgIpc) is 2.65. The maximum Gasteiger partial charge on any atom is 0.224 e. The highest BCUT2D eigenvalue weighted by Gasteiger charge is 1.98. The molecule has 0 radical (unpaired) electrons. The second kappa shape index (κ2) is 4.04. The van der Waals surface area contributed by atoms with E-state index in [1.165, 1.54) is 6.33 Å². The molecule has 2 aromatic rings. The van der Waals surface area contributed by atoms with E-state index in [1.54, 1.807) is 11.0 Å². The lowest BCUT2D eigenvalue weighted by molar-refractivity contribution is 0.662. The summed E-state index contributed by atoms with van der Waals surface area (Å²) in [7, 11) is 0. The normalized spacial score (nSPS) is 10.3. The van der Waals surface area contributed by atoms with Gasteiger partial charge in [-0.25, -0.2) is 19.6 Å². The van der Waals surface area contributed by atoms with Gasteiger partial charge in [0, 0.05) is 11.4 Å². The molecule has 0 amide bonds. The SMILES string of the molecule is Cc1cc(C)nc(NCn2cncn2)n1. The van der Waals surface area contributed by atoms with Crippen molar-refractivity contribution in [2.45, 2.75) is 20.5 Å². The van der Waals surface area contributed by atoms with Crippen molar-refractivity contribution < 1.29 is 0 Å². The molecular weight excluding hydrogens is 192 g/mol. The molecule has 1 N–H and O–H groups in total. The molecule has 0 aliphatic carbocycles. The second-order valence-corrected chi connectivity index (χ2v) is 3.24. The predicted octanol–water partition coefficient (Wildman–Crippen LogP) is 0.755. The zero-order chi connectivity index (χ0) is 10.7. The summed E-state index contributed by atoms with van der Waals surface area (Å²) in [5.74, 6) is 0.614. The molecule has 6 heteroatoms. The lowest BCUT2D eigenvalue weighted by atomic mass is 10.4. The largest absolute Gasteiger partial charge is 0.335 e. The molecule has 0 saturated carbocycles. The summed E-state index contributed by atoms with van der Waals surface area (Å²) >= 11 is 0. The van der Waals surface area contributed by atoms with E-state index in [0.29, 0.717) is 12.6 Å². The van der Waals surface area contributed by atoms with Crippen molar-refractivity contribution in [2.24, 2.45) is 0 Å². The zero-order valence-electron chi connectivity index (χ0n) is 8.68. The maximum atomic E-state index is 4.25. The predicted molar refractivity (Wildman–Crippen MR) is 55.2 cm³/mol. The Morgan fingerprint density at radius 3 is 2.60 bits per heavy atom. The maximum absolute atomic E-state index is 4.25. The fourth-order valence-electron chi connectivity index (χ4n) is 1.27. The smallest absolute Gasteiger partial charge is 0.224 e. The Kier molecular flexibility index (Phi) is 2.57. The molecule has 0 aromatic carbocycles. The summed E-state index contributed by atoms with van der Waals surface area (Å²) in [6.07, 6.45) is 3.12. The van der Waals surface area contributed by atoms with Gasteiger partial charge in [0.2, 0.25) is 5.95 Å². The molecule has 0 saturated heterocycles. The molecule has 0 fully saturated rings. The summed E-state index contributed by atoms with van der Waals surface area (Å²) < 4.78 is 1.67. The molecule has 2 rings (SSSR count). The van der Waals surface area contributed by atoms with Gasteiger partial charge in [-0.2, -0.15) is 5.10 Å². The molecular formula is C9H12N6. The molecule has 0 aliphatic heterocycles. The van der Waals surface area contributed by atoms with Gasteiger partial charge in [-0.15, -0.1) is 0 Å². The Morgan fingerprint density at radius 2 is 2.00 bits per heavy atom. The first-order valence-corrected chi connectivity index (χ1v) is 4.62. The van der Waals surface area contributed by atoms with Crippen molar-refractivity contribution in [2.75, 3.05) is 5.32 Å². The summed E-state index contributed by atoms with van der Waals surface area (Å²) in [6.45, 7) is 4.40. The Balaban J connectivity index is 2.05. The highest BCUT2D eigenvalue weighted by Crippen LogP contribution is 2.03. The first kappa shape index (κ1) is 9.57. The Morgan fingerprint density at radius 1 is 1.27 bits per heavy atom. The number of nitrogens with one attached hydrogen (secondary N) is 1. The average molecular weight is 204 g/mol. The van der Waals surface area contributed by atoms with Crippen LogP contribution in [0.5, 0.6) is 0 Å². The molecule has 2 heterocycles. The number of nitrogens with zero attached hydrogens (tertiary/aromatic N) is 5. The topological polar surface area (TPSA) is 68.5 Å². The number of rotatable bonds is 3. The van der Waals surface area contributed by atoms with Crippen LogP contribution in [0.25, 0.3) is 0 Å². The zero-order valence-corrected chi connectivity index (χ0v) is 8.68. The van der Waals surface area contributed by atoms with Crippen LogP contribution in [0.2, 0.25) is 0 Å². The van der Waals surface area contributed by atoms with Crippen LogP contribution < -0.4 is 5.32 Å². The summed E-state index contributed by atoms with van der Waals surface area (Å²) in [4.78, 5) is 12.3. The number of aryl methyl sites for hydroxylation is 2. The summed E-state index contributed by atoms with van der Waals surface area (Å²) in [5.41, 5.74) is 1.90. The standard InChI is InChI=1S/C9H12N6/c1-7-3-8(2)14-9(13-7)11-6-15-5-10-4-12-15/h3-5H,6H2,1-2H3,(H,11,13,14). The number of anilines is 1. The molecule has 2 aromatic heterocycles. The molecule has 0 spiro atoms. The Hall–Kier alpha value is -1.98. The van der Waals surface area contributed by atoms with Crippen LogP contribution in [0.3, 0.4) is 0 Å². The van der Waals surface area contributed by atoms with Gasteiger partial charge < -0.3 is 5.32 Å². The first-order valence-electron chi connectivity index (χ1n) is 4.62. The fourth-order valence-corrected chi connectivity index (χ4v) is 1.27. The van der Waals surface area contributed by atoms with E-state index in [2.05, 4.69) is 25.4 Å². The van der Waals surface area contributed by atoms with Gasteiger partial charge in [0.1, 0.15) is 19.3 Å². The van der Waals surface area contributed by atoms with Crippen LogP contribution >= 0.6 is 0 Å². The van der Waals surface area contributed by atoms with E-state index in [1.807, 2.05) is 19.9 Å². The van der Waals surface area contributed by atoms with E-state index < -0.39 is 0 Å². The van der Waals surface area contributed by atoms with Crippen molar-refractivity contribution in [3.8, 4) is 0 Å². The van der Waals surface area contributed by atoms with Crippen LogP contribution in [0.15, 0.2) is 18.7 Å². The fraction of sp³-hybridized carbons (Fsp3) is 0.333. The summed E-state index contributed by atoms with van der Waals surface area (Å²) in [6, 6.07) is 1.93. The lowest BCUT2D eigenvalue weighted by Crippen LogP contribution is -2.11. The van der Waals surface area contributed by atoms with Crippen LogP contribution in [0.4, 0.5) is 5.95 Å². The van der Waals surface area contributed by atoms with Crippen molar-refractivity contribution in [3.05, 3.63) is 30.1 Å². The van der Waals surface area contributed by atoms with Crippen molar-refractivity contribution >= 4 is 5.95 Å². The molecule has 15 heavy (non-hydrogen) atoms. The highest BCUT2D eigenvalue weighted by molar-refractivity contribution is 5.26. The van der Waals surface area contributed by atoms with Crippen LogP contribution in [-0.4, -0.2) is 24.7 Å². The lowest BCUT2D eigenvalue weighted by Gasteiger charge is -2.05. The van der Waals surface area contributed by atoms with Gasteiger partial charge in [-0.1, -0.05) is 0 Å². The third kappa shape index (κ3) is 2.49. The van der Waals surface area contributed by atoms with Crippen LogP contribution in [0, 0.1) is 13.8 Å². The van der Waals surface area contributed by atoms with E-state index >= 15 is 0 Å². The van der Waals surface area contributed by atoms with E-state index in [9.17, 15) is 0 Å². The van der Waals surface area contributed by atoms with Gasteiger partial charge in [0.15, 0.2) is 0 Å². The highest BCUT2D eigenvalue weighted by atomic mass is 15.4. The second-order valence-electron chi connectivity index (χ2n) is 3.24. The van der Waals surface area contributed by atoms with Gasteiger partial charge in [0.05, 0.1) is 0 Å². The molecule has 0 atom stereocenters. The monoisotopic (exact) mass is 204 g/mol. The van der Waals surface area contributed by atoms with E-state index in [-0.39, 0.29) is 0 Å². The van der Waals surface area contributed by atoms with Gasteiger partial charge in [-0.05, 0) is 19.9 Å². The van der Waals surface area contributed by atoms with Crippen molar-refractivity contribution in [1.82, 2.24) is 24.7 Å². The van der Waals surface area contributed by atoms with Crippen LogP contribution in [0.1, 0.15) is 11.4 Å².